The van der Waals surface area contributed by atoms with Crippen molar-refractivity contribution in [2.45, 2.75) is 45.4 Å². The van der Waals surface area contributed by atoms with Crippen molar-refractivity contribution in [1.29, 1.82) is 0 Å². The second kappa shape index (κ2) is 4.88. The molecule has 1 N–H and O–H groups in total. The third-order valence-corrected chi connectivity index (χ3v) is 2.21. The third-order valence-electron chi connectivity index (χ3n) is 2.21. The Morgan fingerprint density at radius 1 is 1.22 bits per heavy atom. The predicted octanol–water partition coefficient (Wildman–Crippen LogP) is 4.29. The standard InChI is InChI=1S/C13H17F4N/c1-8(18-12(2,3)4)10-7-9(13(15,16)17)5-6-11(10)14/h5-8,18H,1-4H3/t8-/m0/s1/i1D3. The summed E-state index contributed by atoms with van der Waals surface area (Å²) in [6.45, 7) is 2.27. The molecule has 1 nitrogen and oxygen atoms in total. The van der Waals surface area contributed by atoms with E-state index in [0.29, 0.717) is 18.2 Å². The summed E-state index contributed by atoms with van der Waals surface area (Å²) in [6, 6.07) is 0.249. The molecule has 0 heterocycles. The molecule has 18 heavy (non-hydrogen) atoms. The van der Waals surface area contributed by atoms with E-state index in [0.717, 1.165) is 0 Å². The first-order valence-electron chi connectivity index (χ1n) is 6.86. The molecule has 1 aromatic carbocycles. The van der Waals surface area contributed by atoms with Crippen molar-refractivity contribution in [1.82, 2.24) is 5.32 Å². The van der Waals surface area contributed by atoms with E-state index in [9.17, 15) is 17.6 Å². The molecule has 0 unspecified atom stereocenters. The van der Waals surface area contributed by atoms with Gasteiger partial charge in [-0.3, -0.25) is 0 Å². The molecule has 102 valence electrons. The molecule has 5 heteroatoms. The van der Waals surface area contributed by atoms with Gasteiger partial charge >= 0.3 is 6.18 Å². The van der Waals surface area contributed by atoms with Crippen LogP contribution in [0.25, 0.3) is 0 Å². The maximum Gasteiger partial charge on any atom is 0.416 e. The first-order chi connectivity index (χ1) is 9.22. The molecule has 0 fully saturated rings. The summed E-state index contributed by atoms with van der Waals surface area (Å²) in [6.07, 6.45) is -4.66. The minimum Gasteiger partial charge on any atom is -0.305 e. The van der Waals surface area contributed by atoms with Gasteiger partial charge in [0, 0.05) is 21.3 Å². The molecule has 0 aliphatic rings. The van der Waals surface area contributed by atoms with E-state index in [1.165, 1.54) is 0 Å². The van der Waals surface area contributed by atoms with Crippen molar-refractivity contribution >= 4 is 0 Å². The van der Waals surface area contributed by atoms with Gasteiger partial charge in [-0.25, -0.2) is 4.39 Å². The lowest BCUT2D eigenvalue weighted by atomic mass is 10.0. The van der Waals surface area contributed by atoms with Gasteiger partial charge in [-0.05, 0) is 45.8 Å². The fraction of sp³-hybridized carbons (Fsp3) is 0.538. The first kappa shape index (κ1) is 10.8. The first-order valence-corrected chi connectivity index (χ1v) is 5.36. The van der Waals surface area contributed by atoms with Crippen LogP contribution in [0.2, 0.25) is 0 Å². The summed E-state index contributed by atoms with van der Waals surface area (Å²) in [4.78, 5) is 0. The normalized spacial score (nSPS) is 17.8. The molecule has 1 atom stereocenters. The Kier molecular flexibility index (Phi) is 2.92. The van der Waals surface area contributed by atoms with Crippen LogP contribution in [0.4, 0.5) is 17.6 Å². The van der Waals surface area contributed by atoms with Gasteiger partial charge in [0.15, 0.2) is 0 Å². The zero-order valence-corrected chi connectivity index (χ0v) is 10.3. The molecule has 0 saturated carbocycles. The van der Waals surface area contributed by atoms with E-state index in [-0.39, 0.29) is 0 Å². The Morgan fingerprint density at radius 3 is 2.28 bits per heavy atom. The molecule has 0 spiro atoms. The minimum absolute atomic E-state index is 0.514. The van der Waals surface area contributed by atoms with Crippen LogP contribution < -0.4 is 5.32 Å². The summed E-state index contributed by atoms with van der Waals surface area (Å²) in [7, 11) is 0. The van der Waals surface area contributed by atoms with Crippen molar-refractivity contribution in [2.24, 2.45) is 0 Å². The van der Waals surface area contributed by atoms with Crippen molar-refractivity contribution < 1.29 is 21.7 Å². The molecule has 0 radical (unpaired) electrons. The highest BCUT2D eigenvalue weighted by Gasteiger charge is 2.31. The number of halogens is 4. The van der Waals surface area contributed by atoms with Crippen LogP contribution in [-0.4, -0.2) is 5.54 Å². The number of hydrogen-bond acceptors (Lipinski definition) is 1. The second-order valence-corrected chi connectivity index (χ2v) is 5.06. The number of rotatable bonds is 2. The van der Waals surface area contributed by atoms with E-state index in [2.05, 4.69) is 5.32 Å². The number of benzene rings is 1. The van der Waals surface area contributed by atoms with E-state index in [1.807, 2.05) is 0 Å². The molecule has 1 rings (SSSR count). The van der Waals surface area contributed by atoms with Crippen LogP contribution in [0, 0.1) is 5.82 Å². The molecular weight excluding hydrogens is 246 g/mol. The summed E-state index contributed by atoms with van der Waals surface area (Å²) in [5, 5.41) is 2.66. The van der Waals surface area contributed by atoms with Gasteiger partial charge in [-0.2, -0.15) is 13.2 Å². The highest BCUT2D eigenvalue weighted by atomic mass is 19.4. The number of nitrogens with one attached hydrogen (secondary N) is 1. The van der Waals surface area contributed by atoms with Crippen LogP contribution in [0.3, 0.4) is 0 Å². The monoisotopic (exact) mass is 266 g/mol. The zero-order valence-electron chi connectivity index (χ0n) is 13.3. The molecule has 0 aliphatic heterocycles. The smallest absolute Gasteiger partial charge is 0.305 e. The Morgan fingerprint density at radius 2 is 1.83 bits per heavy atom. The maximum absolute atomic E-state index is 13.9. The Bertz CT molecular complexity index is 504. The van der Waals surface area contributed by atoms with Gasteiger partial charge < -0.3 is 5.32 Å². The highest BCUT2D eigenvalue weighted by Crippen LogP contribution is 2.32. The fourth-order valence-electron chi connectivity index (χ4n) is 1.45. The lowest BCUT2D eigenvalue weighted by Crippen LogP contribution is -2.38. The predicted molar refractivity (Wildman–Crippen MR) is 62.7 cm³/mol. The molecule has 0 aliphatic carbocycles. The lowest BCUT2D eigenvalue weighted by molar-refractivity contribution is -0.137. The van der Waals surface area contributed by atoms with Gasteiger partial charge in [0.1, 0.15) is 5.82 Å². The van der Waals surface area contributed by atoms with Crippen LogP contribution in [0.15, 0.2) is 18.2 Å². The van der Waals surface area contributed by atoms with Crippen LogP contribution in [0.1, 0.15) is 48.9 Å². The highest BCUT2D eigenvalue weighted by molar-refractivity contribution is 5.29. The van der Waals surface area contributed by atoms with Crippen molar-refractivity contribution in [3.63, 3.8) is 0 Å². The largest absolute Gasteiger partial charge is 0.416 e. The summed E-state index contributed by atoms with van der Waals surface area (Å²) in [5.74, 6) is -0.985. The van der Waals surface area contributed by atoms with E-state index < -0.39 is 41.6 Å². The van der Waals surface area contributed by atoms with Gasteiger partial charge in [-0.1, -0.05) is 0 Å². The zero-order chi connectivity index (χ0) is 16.6. The van der Waals surface area contributed by atoms with Gasteiger partial charge in [0.25, 0.3) is 0 Å². The fourth-order valence-corrected chi connectivity index (χ4v) is 1.45. The molecule has 1 aromatic rings. The van der Waals surface area contributed by atoms with Crippen molar-refractivity contribution in [3.8, 4) is 0 Å². The van der Waals surface area contributed by atoms with Gasteiger partial charge in [-0.15, -0.1) is 0 Å². The van der Waals surface area contributed by atoms with Crippen molar-refractivity contribution in [2.75, 3.05) is 0 Å². The van der Waals surface area contributed by atoms with Gasteiger partial charge in [0.2, 0.25) is 0 Å². The molecule has 0 saturated heterocycles. The van der Waals surface area contributed by atoms with Crippen LogP contribution >= 0.6 is 0 Å². The molecule has 0 bridgehead atoms. The SMILES string of the molecule is [2H]C([2H])([2H])[C@H](NC(C)(C)C)c1cc(C(F)(F)F)ccc1F. The van der Waals surface area contributed by atoms with Crippen LogP contribution in [0.5, 0.6) is 0 Å². The van der Waals surface area contributed by atoms with E-state index in [4.69, 9.17) is 4.11 Å². The summed E-state index contributed by atoms with van der Waals surface area (Å²) < 4.78 is 74.4. The van der Waals surface area contributed by atoms with E-state index >= 15 is 0 Å². The topological polar surface area (TPSA) is 12.0 Å². The lowest BCUT2D eigenvalue weighted by Gasteiger charge is -2.27. The molecule has 0 amide bonds. The van der Waals surface area contributed by atoms with Crippen molar-refractivity contribution in [3.05, 3.63) is 35.1 Å². The Hall–Kier alpha value is -1.10. The number of alkyl halides is 3. The quantitative estimate of drug-likeness (QED) is 0.787. The Balaban J connectivity index is 3.37. The summed E-state index contributed by atoms with van der Waals surface area (Å²) in [5.41, 5.74) is -2.30. The Labute approximate surface area is 108 Å². The van der Waals surface area contributed by atoms with E-state index in [1.54, 1.807) is 20.8 Å². The third kappa shape index (κ3) is 3.98. The van der Waals surface area contributed by atoms with Gasteiger partial charge in [0.05, 0.1) is 5.56 Å². The number of hydrogen-bond donors (Lipinski definition) is 1. The average Bonchev–Trinajstić information content (AvgIpc) is 2.22. The molecular formula is C13H17F4N. The van der Waals surface area contributed by atoms with Crippen LogP contribution in [-0.2, 0) is 6.18 Å². The summed E-state index contributed by atoms with van der Waals surface area (Å²) >= 11 is 0. The maximum atomic E-state index is 13.9. The minimum atomic E-state index is -4.66. The average molecular weight is 266 g/mol. The molecule has 0 aromatic heterocycles. The second-order valence-electron chi connectivity index (χ2n) is 5.06.